The van der Waals surface area contributed by atoms with Gasteiger partial charge in [-0.3, -0.25) is 4.98 Å². The number of aromatic nitrogens is 2. The molecule has 0 saturated heterocycles. The first kappa shape index (κ1) is 15.1. The Morgan fingerprint density at radius 2 is 1.95 bits per heavy atom. The van der Waals surface area contributed by atoms with Crippen LogP contribution in [0.2, 0.25) is 0 Å². The minimum Gasteiger partial charge on any atom is -0.315 e. The van der Waals surface area contributed by atoms with E-state index in [2.05, 4.69) is 51.0 Å². The van der Waals surface area contributed by atoms with E-state index in [0.717, 1.165) is 17.2 Å². The highest BCUT2D eigenvalue weighted by atomic mass is 32.1. The molecule has 0 unspecified atom stereocenters. The maximum atomic E-state index is 4.88. The molecule has 3 nitrogen and oxygen atoms in total. The first-order valence-corrected chi connectivity index (χ1v) is 7.73. The molecular weight excluding hydrogens is 266 g/mol. The number of hydrogen-bond donors (Lipinski definition) is 1. The smallest absolute Gasteiger partial charge is 0.142 e. The summed E-state index contributed by atoms with van der Waals surface area (Å²) >= 11 is 1.75. The third-order valence-corrected chi connectivity index (χ3v) is 4.22. The molecule has 2 aromatic heterocycles. The Balaban J connectivity index is 2.53. The van der Waals surface area contributed by atoms with Crippen molar-refractivity contribution in [3.63, 3.8) is 0 Å². The molecule has 108 valence electrons. The zero-order chi connectivity index (χ0) is 14.9. The molecule has 0 aliphatic heterocycles. The van der Waals surface area contributed by atoms with Gasteiger partial charge in [0.25, 0.3) is 0 Å². The van der Waals surface area contributed by atoms with Gasteiger partial charge in [-0.15, -0.1) is 11.3 Å². The van der Waals surface area contributed by atoms with Crippen LogP contribution in [0.25, 0.3) is 10.7 Å². The molecular formula is C16H23N3S. The third kappa shape index (κ3) is 3.07. The molecule has 20 heavy (non-hydrogen) atoms. The zero-order valence-corrected chi connectivity index (χ0v) is 14.0. The van der Waals surface area contributed by atoms with Gasteiger partial charge in [-0.1, -0.05) is 26.8 Å². The Kier molecular flexibility index (Phi) is 4.25. The second kappa shape index (κ2) is 5.62. The van der Waals surface area contributed by atoms with Gasteiger partial charge in [-0.05, 0) is 32.0 Å². The van der Waals surface area contributed by atoms with Crippen molar-refractivity contribution in [2.75, 3.05) is 7.05 Å². The second-order valence-electron chi connectivity index (χ2n) is 6.25. The van der Waals surface area contributed by atoms with Crippen molar-refractivity contribution in [1.82, 2.24) is 15.3 Å². The Bertz CT molecular complexity index is 609. The van der Waals surface area contributed by atoms with Gasteiger partial charge in [-0.25, -0.2) is 4.98 Å². The second-order valence-corrected chi connectivity index (χ2v) is 7.33. The fourth-order valence-electron chi connectivity index (χ4n) is 2.26. The number of thiazole rings is 1. The van der Waals surface area contributed by atoms with Crippen LogP contribution in [0.3, 0.4) is 0 Å². The van der Waals surface area contributed by atoms with Gasteiger partial charge >= 0.3 is 0 Å². The van der Waals surface area contributed by atoms with Gasteiger partial charge in [0.1, 0.15) is 10.7 Å². The lowest BCUT2D eigenvalue weighted by Gasteiger charge is -2.17. The lowest BCUT2D eigenvalue weighted by atomic mass is 9.91. The van der Waals surface area contributed by atoms with Crippen LogP contribution in [0, 0.1) is 13.8 Å². The van der Waals surface area contributed by atoms with Crippen LogP contribution in [-0.4, -0.2) is 17.0 Å². The predicted octanol–water partition coefficient (Wildman–Crippen LogP) is 3.84. The summed E-state index contributed by atoms with van der Waals surface area (Å²) < 4.78 is 0. The number of nitrogens with zero attached hydrogens (tertiary/aromatic N) is 2. The van der Waals surface area contributed by atoms with Gasteiger partial charge in [-0.2, -0.15) is 0 Å². The average molecular weight is 289 g/mol. The highest BCUT2D eigenvalue weighted by Gasteiger charge is 2.24. The van der Waals surface area contributed by atoms with E-state index in [-0.39, 0.29) is 5.41 Å². The number of rotatable bonds is 3. The summed E-state index contributed by atoms with van der Waals surface area (Å²) in [6, 6.07) is 2.16. The van der Waals surface area contributed by atoms with E-state index in [0.29, 0.717) is 0 Å². The van der Waals surface area contributed by atoms with Gasteiger partial charge in [0.2, 0.25) is 0 Å². The van der Waals surface area contributed by atoms with E-state index >= 15 is 0 Å². The quantitative estimate of drug-likeness (QED) is 0.933. The number of nitrogens with one attached hydrogen (secondary N) is 1. The fraction of sp³-hybridized carbons (Fsp3) is 0.500. The van der Waals surface area contributed by atoms with Crippen molar-refractivity contribution in [2.24, 2.45) is 0 Å². The maximum absolute atomic E-state index is 4.88. The van der Waals surface area contributed by atoms with E-state index in [1.807, 2.05) is 13.2 Å². The Morgan fingerprint density at radius 3 is 2.50 bits per heavy atom. The molecule has 2 aromatic rings. The highest BCUT2D eigenvalue weighted by molar-refractivity contribution is 7.15. The Hall–Kier alpha value is -1.26. The van der Waals surface area contributed by atoms with Gasteiger partial charge < -0.3 is 5.32 Å². The molecule has 0 atom stereocenters. The first-order valence-electron chi connectivity index (χ1n) is 6.91. The van der Waals surface area contributed by atoms with Crippen molar-refractivity contribution in [3.05, 3.63) is 34.0 Å². The van der Waals surface area contributed by atoms with Crippen LogP contribution in [0.5, 0.6) is 0 Å². The van der Waals surface area contributed by atoms with Crippen molar-refractivity contribution in [2.45, 2.75) is 46.6 Å². The monoisotopic (exact) mass is 289 g/mol. The summed E-state index contributed by atoms with van der Waals surface area (Å²) in [5.74, 6) is 0. The molecule has 0 bridgehead atoms. The zero-order valence-electron chi connectivity index (χ0n) is 13.2. The van der Waals surface area contributed by atoms with E-state index in [4.69, 9.17) is 4.98 Å². The molecule has 0 aliphatic rings. The largest absolute Gasteiger partial charge is 0.315 e. The number of hydrogen-bond acceptors (Lipinski definition) is 4. The van der Waals surface area contributed by atoms with Crippen LogP contribution in [0.15, 0.2) is 12.3 Å². The van der Waals surface area contributed by atoms with Crippen molar-refractivity contribution in [3.8, 4) is 10.7 Å². The maximum Gasteiger partial charge on any atom is 0.142 e. The lowest BCUT2D eigenvalue weighted by Crippen LogP contribution is -2.16. The van der Waals surface area contributed by atoms with Crippen molar-refractivity contribution in [1.29, 1.82) is 0 Å². The van der Waals surface area contributed by atoms with Crippen molar-refractivity contribution < 1.29 is 0 Å². The highest BCUT2D eigenvalue weighted by Crippen LogP contribution is 2.34. The summed E-state index contributed by atoms with van der Waals surface area (Å²) in [5, 5.41) is 4.26. The molecule has 2 rings (SSSR count). The van der Waals surface area contributed by atoms with Crippen molar-refractivity contribution >= 4 is 11.3 Å². The molecule has 0 aromatic carbocycles. The van der Waals surface area contributed by atoms with Crippen LogP contribution in [0.1, 0.15) is 42.5 Å². The first-order chi connectivity index (χ1) is 9.32. The van der Waals surface area contributed by atoms with Crippen LogP contribution >= 0.6 is 11.3 Å². The fourth-order valence-corrected chi connectivity index (χ4v) is 3.60. The molecule has 0 amide bonds. The van der Waals surface area contributed by atoms with Crippen LogP contribution < -0.4 is 5.32 Å². The molecule has 2 heterocycles. The molecule has 4 heteroatoms. The van der Waals surface area contributed by atoms with Gasteiger partial charge in [0, 0.05) is 23.0 Å². The van der Waals surface area contributed by atoms with E-state index < -0.39 is 0 Å². The lowest BCUT2D eigenvalue weighted by molar-refractivity contribution is 0.563. The molecule has 1 N–H and O–H groups in total. The van der Waals surface area contributed by atoms with Crippen LogP contribution in [-0.2, 0) is 12.0 Å². The Labute approximate surface area is 125 Å². The van der Waals surface area contributed by atoms with E-state index in [1.165, 1.54) is 21.7 Å². The molecule has 0 radical (unpaired) electrons. The van der Waals surface area contributed by atoms with Gasteiger partial charge in [0.05, 0.1) is 5.69 Å². The molecule has 0 saturated carbocycles. The Morgan fingerprint density at radius 1 is 1.25 bits per heavy atom. The SMILES string of the molecule is CNCc1sc(-c2ncc(C)cc2C)nc1C(C)(C)C. The summed E-state index contributed by atoms with van der Waals surface area (Å²) in [4.78, 5) is 10.8. The van der Waals surface area contributed by atoms with E-state index in [1.54, 1.807) is 11.3 Å². The summed E-state index contributed by atoms with van der Waals surface area (Å²) in [6.07, 6.45) is 1.91. The molecule has 0 aliphatic carbocycles. The van der Waals surface area contributed by atoms with Crippen LogP contribution in [0.4, 0.5) is 0 Å². The number of pyridine rings is 1. The number of aryl methyl sites for hydroxylation is 2. The van der Waals surface area contributed by atoms with E-state index in [9.17, 15) is 0 Å². The molecule has 0 spiro atoms. The molecule has 0 fully saturated rings. The summed E-state index contributed by atoms with van der Waals surface area (Å²) in [5.41, 5.74) is 4.62. The summed E-state index contributed by atoms with van der Waals surface area (Å²) in [7, 11) is 1.97. The third-order valence-electron chi connectivity index (χ3n) is 3.16. The normalized spacial score (nSPS) is 11.9. The van der Waals surface area contributed by atoms with Gasteiger partial charge in [0.15, 0.2) is 0 Å². The topological polar surface area (TPSA) is 37.8 Å². The standard InChI is InChI=1S/C16H23N3S/c1-10-7-11(2)13(18-8-10)15-19-14(16(3,4)5)12(20-15)9-17-6/h7-8,17H,9H2,1-6H3. The minimum atomic E-state index is 0.0551. The summed E-state index contributed by atoms with van der Waals surface area (Å²) in [6.45, 7) is 11.7. The average Bonchev–Trinajstić information content (AvgIpc) is 2.73. The predicted molar refractivity (Wildman–Crippen MR) is 86.3 cm³/mol. The minimum absolute atomic E-state index is 0.0551.